The van der Waals surface area contributed by atoms with E-state index in [-0.39, 0.29) is 11.9 Å². The first-order valence-corrected chi connectivity index (χ1v) is 11.3. The monoisotopic (exact) mass is 476 g/mol. The summed E-state index contributed by atoms with van der Waals surface area (Å²) in [7, 11) is 0. The van der Waals surface area contributed by atoms with Crippen LogP contribution in [-0.2, 0) is 9.59 Å². The summed E-state index contributed by atoms with van der Waals surface area (Å²) in [6.45, 7) is 2.75. The zero-order valence-corrected chi connectivity index (χ0v) is 19.9. The average Bonchev–Trinajstić information content (AvgIpc) is 2.88. The molecule has 4 rings (SSSR count). The third-order valence-corrected chi connectivity index (χ3v) is 5.05. The van der Waals surface area contributed by atoms with E-state index in [4.69, 9.17) is 9.47 Å². The molecule has 0 aliphatic carbocycles. The lowest BCUT2D eigenvalue weighted by Crippen LogP contribution is -2.00. The first kappa shape index (κ1) is 24.3. The molecule has 0 unspecified atom stereocenters. The number of esters is 2. The largest absolute Gasteiger partial charge is 0.427 e. The number of hydrogen-bond donors (Lipinski definition) is 0. The van der Waals surface area contributed by atoms with Crippen LogP contribution in [-0.4, -0.2) is 21.9 Å². The summed E-state index contributed by atoms with van der Waals surface area (Å²) >= 11 is 0. The molecule has 6 heteroatoms. The van der Waals surface area contributed by atoms with Gasteiger partial charge in [0.2, 0.25) is 0 Å². The second kappa shape index (κ2) is 11.5. The lowest BCUT2D eigenvalue weighted by molar-refractivity contribution is -0.132. The van der Waals surface area contributed by atoms with Crippen molar-refractivity contribution in [1.82, 2.24) is 9.97 Å². The Morgan fingerprint density at radius 3 is 1.28 bits per heavy atom. The van der Waals surface area contributed by atoms with Crippen molar-refractivity contribution >= 4 is 36.2 Å². The Kier molecular flexibility index (Phi) is 7.78. The predicted octanol–water partition coefficient (Wildman–Crippen LogP) is 6.34. The highest BCUT2D eigenvalue weighted by molar-refractivity contribution is 5.75. The van der Waals surface area contributed by atoms with Gasteiger partial charge in [0.1, 0.15) is 11.5 Å². The van der Waals surface area contributed by atoms with E-state index in [1.165, 1.54) is 13.8 Å². The Labute approximate surface area is 209 Å². The molecule has 0 atom stereocenters. The summed E-state index contributed by atoms with van der Waals surface area (Å²) in [6, 6.07) is 22.4. The summed E-state index contributed by atoms with van der Waals surface area (Å²) in [6.07, 6.45) is 11.5. The molecule has 0 radical (unpaired) electrons. The summed E-state index contributed by atoms with van der Waals surface area (Å²) in [4.78, 5) is 31.1. The zero-order valence-electron chi connectivity index (χ0n) is 19.9. The van der Waals surface area contributed by atoms with Gasteiger partial charge in [0.15, 0.2) is 0 Å². The van der Waals surface area contributed by atoms with E-state index in [2.05, 4.69) is 9.97 Å². The molecule has 2 aromatic heterocycles. The lowest BCUT2D eigenvalue weighted by Gasteiger charge is -2.04. The standard InChI is InChI=1S/C30H24N2O4/c1-21(33)35-27-11-7-23(8-12-27)3-5-25-15-17-31-29(19-25)30-20-26(16-18-32-30)6-4-24-9-13-28(14-10-24)36-22(2)34/h3-20H,1-2H3. The first-order valence-electron chi connectivity index (χ1n) is 11.3. The van der Waals surface area contributed by atoms with Crippen molar-refractivity contribution < 1.29 is 19.1 Å². The Balaban J connectivity index is 1.46. The number of benzene rings is 2. The highest BCUT2D eigenvalue weighted by Crippen LogP contribution is 2.21. The second-order valence-electron chi connectivity index (χ2n) is 7.94. The molecule has 0 N–H and O–H groups in total. The second-order valence-corrected chi connectivity index (χ2v) is 7.94. The van der Waals surface area contributed by atoms with Gasteiger partial charge in [0.05, 0.1) is 11.4 Å². The minimum Gasteiger partial charge on any atom is -0.427 e. The smallest absolute Gasteiger partial charge is 0.308 e. The molecule has 0 aliphatic heterocycles. The Morgan fingerprint density at radius 2 is 0.917 bits per heavy atom. The fraction of sp³-hybridized carbons (Fsp3) is 0.0667. The maximum absolute atomic E-state index is 11.1. The van der Waals surface area contributed by atoms with E-state index in [1.807, 2.05) is 72.8 Å². The van der Waals surface area contributed by atoms with Gasteiger partial charge < -0.3 is 9.47 Å². The van der Waals surface area contributed by atoms with Crippen LogP contribution in [0.4, 0.5) is 0 Å². The van der Waals surface area contributed by atoms with Crippen LogP contribution in [0, 0.1) is 0 Å². The number of aromatic nitrogens is 2. The molecule has 2 aromatic carbocycles. The molecular weight excluding hydrogens is 452 g/mol. The van der Waals surface area contributed by atoms with Gasteiger partial charge in [0.25, 0.3) is 0 Å². The van der Waals surface area contributed by atoms with Crippen molar-refractivity contribution in [3.63, 3.8) is 0 Å². The number of hydrogen-bond acceptors (Lipinski definition) is 6. The first-order chi connectivity index (χ1) is 17.4. The molecule has 0 bridgehead atoms. The van der Waals surface area contributed by atoms with Crippen molar-refractivity contribution in [2.45, 2.75) is 13.8 Å². The summed E-state index contributed by atoms with van der Waals surface area (Å²) < 4.78 is 10.1. The molecule has 0 saturated heterocycles. The maximum Gasteiger partial charge on any atom is 0.308 e. The number of pyridine rings is 2. The van der Waals surface area contributed by atoms with E-state index in [9.17, 15) is 9.59 Å². The van der Waals surface area contributed by atoms with Gasteiger partial charge >= 0.3 is 11.9 Å². The molecule has 0 spiro atoms. The van der Waals surface area contributed by atoms with Crippen LogP contribution in [0.3, 0.4) is 0 Å². The Bertz CT molecular complexity index is 1310. The fourth-order valence-electron chi connectivity index (χ4n) is 3.39. The van der Waals surface area contributed by atoms with Crippen molar-refractivity contribution in [2.75, 3.05) is 0 Å². The normalized spacial score (nSPS) is 11.1. The van der Waals surface area contributed by atoms with Crippen LogP contribution in [0.5, 0.6) is 11.5 Å². The molecular formula is C30H24N2O4. The summed E-state index contributed by atoms with van der Waals surface area (Å²) in [5.74, 6) is 0.353. The van der Waals surface area contributed by atoms with Crippen molar-refractivity contribution in [2.24, 2.45) is 0 Å². The molecule has 4 aromatic rings. The van der Waals surface area contributed by atoms with Gasteiger partial charge in [-0.05, 0) is 70.8 Å². The highest BCUT2D eigenvalue weighted by Gasteiger charge is 2.03. The van der Waals surface area contributed by atoms with Gasteiger partial charge in [0, 0.05) is 26.2 Å². The van der Waals surface area contributed by atoms with Crippen molar-refractivity contribution in [1.29, 1.82) is 0 Å². The van der Waals surface area contributed by atoms with Crippen LogP contribution in [0.2, 0.25) is 0 Å². The van der Waals surface area contributed by atoms with E-state index in [0.717, 1.165) is 33.6 Å². The molecule has 0 saturated carbocycles. The minimum absolute atomic E-state index is 0.342. The number of carbonyl (C=O) groups excluding carboxylic acids is 2. The van der Waals surface area contributed by atoms with Crippen LogP contribution < -0.4 is 9.47 Å². The zero-order chi connectivity index (χ0) is 25.3. The predicted molar refractivity (Wildman–Crippen MR) is 141 cm³/mol. The van der Waals surface area contributed by atoms with Gasteiger partial charge in [-0.15, -0.1) is 0 Å². The number of carbonyl (C=O) groups is 2. The van der Waals surface area contributed by atoms with Crippen LogP contribution >= 0.6 is 0 Å². The summed E-state index contributed by atoms with van der Waals surface area (Å²) in [5, 5.41) is 0. The number of ether oxygens (including phenoxy) is 2. The summed E-state index contributed by atoms with van der Waals surface area (Å²) in [5.41, 5.74) is 5.47. The van der Waals surface area contributed by atoms with E-state index in [0.29, 0.717) is 11.5 Å². The van der Waals surface area contributed by atoms with Gasteiger partial charge in [-0.3, -0.25) is 19.6 Å². The minimum atomic E-state index is -0.342. The van der Waals surface area contributed by atoms with Gasteiger partial charge in [-0.2, -0.15) is 0 Å². The average molecular weight is 477 g/mol. The fourth-order valence-corrected chi connectivity index (χ4v) is 3.39. The van der Waals surface area contributed by atoms with E-state index in [1.54, 1.807) is 36.7 Å². The number of rotatable bonds is 7. The molecule has 36 heavy (non-hydrogen) atoms. The van der Waals surface area contributed by atoms with Crippen LogP contribution in [0.1, 0.15) is 36.1 Å². The molecule has 0 aliphatic rings. The van der Waals surface area contributed by atoms with Gasteiger partial charge in [-0.25, -0.2) is 0 Å². The van der Waals surface area contributed by atoms with Gasteiger partial charge in [-0.1, -0.05) is 48.6 Å². The topological polar surface area (TPSA) is 78.4 Å². The lowest BCUT2D eigenvalue weighted by atomic mass is 10.1. The molecule has 0 fully saturated rings. The number of nitrogens with zero attached hydrogens (tertiary/aromatic N) is 2. The Morgan fingerprint density at radius 1 is 0.556 bits per heavy atom. The third kappa shape index (κ3) is 7.08. The molecule has 2 heterocycles. The van der Waals surface area contributed by atoms with Crippen molar-refractivity contribution in [3.05, 3.63) is 107 Å². The van der Waals surface area contributed by atoms with E-state index < -0.39 is 0 Å². The molecule has 178 valence electrons. The highest BCUT2D eigenvalue weighted by atomic mass is 16.5. The van der Waals surface area contributed by atoms with Crippen molar-refractivity contribution in [3.8, 4) is 22.9 Å². The molecule has 6 nitrogen and oxygen atoms in total. The van der Waals surface area contributed by atoms with Crippen LogP contribution in [0.25, 0.3) is 35.7 Å². The molecule has 0 amide bonds. The SMILES string of the molecule is CC(=O)Oc1ccc(C=Cc2ccnc(-c3cc(C=Cc4ccc(OC(C)=O)cc4)ccn3)c2)cc1. The van der Waals surface area contributed by atoms with Crippen LogP contribution in [0.15, 0.2) is 85.2 Å². The quantitative estimate of drug-likeness (QED) is 0.229. The maximum atomic E-state index is 11.1. The third-order valence-electron chi connectivity index (χ3n) is 5.05. The Hall–Kier alpha value is -4.84. The van der Waals surface area contributed by atoms with E-state index >= 15 is 0 Å².